The Morgan fingerprint density at radius 2 is 1.79 bits per heavy atom. The number of alkyl halides is 3. The fraction of sp³-hybridized carbons (Fsp3) is 0.235. The number of amides is 1. The molecule has 3 rings (SSSR count). The smallest absolute Gasteiger partial charge is 0.345 e. The highest BCUT2D eigenvalue weighted by Crippen LogP contribution is 2.29. The molecule has 0 saturated carbocycles. The van der Waals surface area contributed by atoms with Crippen molar-refractivity contribution in [2.45, 2.75) is 24.5 Å². The Hall–Kier alpha value is -2.99. The van der Waals surface area contributed by atoms with Gasteiger partial charge < -0.3 is 5.32 Å². The van der Waals surface area contributed by atoms with Crippen molar-refractivity contribution in [1.82, 2.24) is 24.6 Å². The summed E-state index contributed by atoms with van der Waals surface area (Å²) in [6.07, 6.45) is -3.66. The Morgan fingerprint density at radius 1 is 1.10 bits per heavy atom. The number of benzene rings is 1. The summed E-state index contributed by atoms with van der Waals surface area (Å²) in [7, 11) is -3.64. The number of hydrogen-bond donors (Lipinski definition) is 2. The first-order chi connectivity index (χ1) is 13.6. The van der Waals surface area contributed by atoms with Crippen LogP contribution >= 0.6 is 0 Å². The molecule has 0 unspecified atom stereocenters. The molecule has 0 radical (unpaired) electrons. The maximum Gasteiger partial charge on any atom is 0.417 e. The van der Waals surface area contributed by atoms with Crippen molar-refractivity contribution in [3.05, 3.63) is 59.5 Å². The van der Waals surface area contributed by atoms with Crippen molar-refractivity contribution in [2.75, 3.05) is 6.54 Å². The molecule has 2 heterocycles. The molecule has 0 bridgehead atoms. The molecule has 0 aliphatic rings. The summed E-state index contributed by atoms with van der Waals surface area (Å²) in [5.74, 6) is -0.424. The molecule has 3 aromatic rings. The largest absolute Gasteiger partial charge is 0.417 e. The van der Waals surface area contributed by atoms with Crippen LogP contribution in [0.4, 0.5) is 13.2 Å². The molecule has 0 fully saturated rings. The predicted octanol–water partition coefficient (Wildman–Crippen LogP) is 1.98. The zero-order chi connectivity index (χ0) is 21.2. The second-order valence-corrected chi connectivity index (χ2v) is 7.74. The Kier molecular flexibility index (Phi) is 5.57. The molecule has 1 amide bonds. The number of nitrogens with zero attached hydrogens (tertiary/aromatic N) is 3. The van der Waals surface area contributed by atoms with Crippen LogP contribution in [0.1, 0.15) is 28.7 Å². The van der Waals surface area contributed by atoms with Gasteiger partial charge in [-0.15, -0.1) is 10.2 Å². The van der Waals surface area contributed by atoms with Gasteiger partial charge in [0.1, 0.15) is 0 Å². The van der Waals surface area contributed by atoms with Crippen molar-refractivity contribution in [3.63, 3.8) is 0 Å². The highest BCUT2D eigenvalue weighted by Gasteiger charge is 2.31. The van der Waals surface area contributed by atoms with Gasteiger partial charge in [-0.2, -0.15) is 13.2 Å². The number of nitrogens with one attached hydrogen (secondary N) is 2. The average molecular weight is 427 g/mol. The Bertz CT molecular complexity index is 1140. The third kappa shape index (κ3) is 4.54. The lowest BCUT2D eigenvalue weighted by Crippen LogP contribution is -2.25. The van der Waals surface area contributed by atoms with Crippen molar-refractivity contribution >= 4 is 21.6 Å². The van der Waals surface area contributed by atoms with Gasteiger partial charge in [0.05, 0.1) is 17.0 Å². The monoisotopic (exact) mass is 427 g/mol. The molecule has 29 heavy (non-hydrogen) atoms. The number of sulfonamides is 1. The molecular weight excluding hydrogens is 411 g/mol. The first kappa shape index (κ1) is 20.7. The minimum absolute atomic E-state index is 0.0130. The third-order valence-electron chi connectivity index (χ3n) is 3.97. The summed E-state index contributed by atoms with van der Waals surface area (Å²) in [6.45, 7) is 1.71. The summed E-state index contributed by atoms with van der Waals surface area (Å²) in [5.41, 5.74) is -0.472. The molecule has 8 nitrogen and oxygen atoms in total. The van der Waals surface area contributed by atoms with E-state index in [1.165, 1.54) is 30.3 Å². The Labute approximate surface area is 163 Å². The summed E-state index contributed by atoms with van der Waals surface area (Å²) in [5, 5.41) is 10.1. The number of fused-ring (bicyclic) bond motifs is 1. The summed E-state index contributed by atoms with van der Waals surface area (Å²) >= 11 is 0. The standard InChI is InChI=1S/C17H16F3N5O3S/c1-2-22-29(27,28)13-6-3-11(4-7-13)16(26)21-9-15-24-23-14-8-5-12(10-25(14)15)17(18,19)20/h3-8,10,22H,2,9H2,1H3,(H,21,26). The zero-order valence-electron chi connectivity index (χ0n) is 15.1. The van der Waals surface area contributed by atoms with Crippen molar-refractivity contribution in [2.24, 2.45) is 0 Å². The Morgan fingerprint density at radius 3 is 2.41 bits per heavy atom. The van der Waals surface area contributed by atoms with Crippen LogP contribution in [-0.4, -0.2) is 35.5 Å². The number of carbonyl (C=O) groups excluding carboxylic acids is 1. The predicted molar refractivity (Wildman–Crippen MR) is 96.5 cm³/mol. The number of hydrogen-bond acceptors (Lipinski definition) is 5. The van der Waals surface area contributed by atoms with E-state index in [9.17, 15) is 26.4 Å². The van der Waals surface area contributed by atoms with Gasteiger partial charge in [0.2, 0.25) is 10.0 Å². The molecule has 12 heteroatoms. The van der Waals surface area contributed by atoms with E-state index in [2.05, 4.69) is 20.2 Å². The maximum atomic E-state index is 12.9. The fourth-order valence-corrected chi connectivity index (χ4v) is 3.59. The first-order valence-corrected chi connectivity index (χ1v) is 9.89. The second kappa shape index (κ2) is 7.79. The molecule has 0 saturated heterocycles. The van der Waals surface area contributed by atoms with Gasteiger partial charge in [-0.25, -0.2) is 13.1 Å². The summed E-state index contributed by atoms with van der Waals surface area (Å²) in [6, 6.07) is 7.33. The number of pyridine rings is 1. The van der Waals surface area contributed by atoms with Gasteiger partial charge in [0.15, 0.2) is 11.5 Å². The van der Waals surface area contributed by atoms with E-state index in [1.54, 1.807) is 6.92 Å². The normalized spacial score (nSPS) is 12.3. The molecule has 0 aliphatic heterocycles. The van der Waals surface area contributed by atoms with Gasteiger partial charge in [0.25, 0.3) is 5.91 Å². The lowest BCUT2D eigenvalue weighted by atomic mass is 10.2. The minimum atomic E-state index is -4.52. The topological polar surface area (TPSA) is 105 Å². The number of carbonyl (C=O) groups is 1. The molecule has 154 valence electrons. The molecule has 2 N–H and O–H groups in total. The maximum absolute atomic E-state index is 12.9. The molecule has 2 aromatic heterocycles. The second-order valence-electron chi connectivity index (χ2n) is 5.97. The molecule has 1 aromatic carbocycles. The SMILES string of the molecule is CCNS(=O)(=O)c1ccc(C(=O)NCc2nnc3ccc(C(F)(F)F)cn23)cc1. The minimum Gasteiger partial charge on any atom is -0.345 e. The highest BCUT2D eigenvalue weighted by molar-refractivity contribution is 7.89. The molecule has 0 atom stereocenters. The Balaban J connectivity index is 1.74. The molecular formula is C17H16F3N5O3S. The van der Waals surface area contributed by atoms with E-state index in [4.69, 9.17) is 0 Å². The fourth-order valence-electron chi connectivity index (χ4n) is 2.55. The van der Waals surface area contributed by atoms with Crippen molar-refractivity contribution in [1.29, 1.82) is 0 Å². The van der Waals surface area contributed by atoms with E-state index in [1.807, 2.05) is 0 Å². The van der Waals surface area contributed by atoms with Crippen LogP contribution in [0.15, 0.2) is 47.5 Å². The van der Waals surface area contributed by atoms with E-state index < -0.39 is 27.7 Å². The number of halogens is 3. The molecule has 0 aliphatic carbocycles. The van der Waals surface area contributed by atoms with Gasteiger partial charge in [0, 0.05) is 18.3 Å². The van der Waals surface area contributed by atoms with Crippen LogP contribution in [0.25, 0.3) is 5.65 Å². The quantitative estimate of drug-likeness (QED) is 0.626. The van der Waals surface area contributed by atoms with Crippen LogP contribution < -0.4 is 10.0 Å². The van der Waals surface area contributed by atoms with E-state index >= 15 is 0 Å². The van der Waals surface area contributed by atoms with Crippen LogP contribution in [0.5, 0.6) is 0 Å². The molecule has 0 spiro atoms. The first-order valence-electron chi connectivity index (χ1n) is 8.40. The number of rotatable bonds is 6. The summed E-state index contributed by atoms with van der Waals surface area (Å²) < 4.78 is 65.9. The number of aromatic nitrogens is 3. The van der Waals surface area contributed by atoms with Gasteiger partial charge in [-0.1, -0.05) is 6.92 Å². The van der Waals surface area contributed by atoms with Crippen LogP contribution in [0.3, 0.4) is 0 Å². The van der Waals surface area contributed by atoms with Crippen LogP contribution in [0, 0.1) is 0 Å². The van der Waals surface area contributed by atoms with E-state index in [0.717, 1.165) is 16.7 Å². The van der Waals surface area contributed by atoms with Gasteiger partial charge >= 0.3 is 6.18 Å². The van der Waals surface area contributed by atoms with Crippen LogP contribution in [0.2, 0.25) is 0 Å². The van der Waals surface area contributed by atoms with E-state index in [0.29, 0.717) is 0 Å². The average Bonchev–Trinajstić information content (AvgIpc) is 3.08. The van der Waals surface area contributed by atoms with Gasteiger partial charge in [-0.05, 0) is 36.4 Å². The zero-order valence-corrected chi connectivity index (χ0v) is 15.9. The third-order valence-corrected chi connectivity index (χ3v) is 5.53. The highest BCUT2D eigenvalue weighted by atomic mass is 32.2. The summed E-state index contributed by atoms with van der Waals surface area (Å²) in [4.78, 5) is 12.3. The van der Waals surface area contributed by atoms with E-state index in [-0.39, 0.29) is 35.0 Å². The van der Waals surface area contributed by atoms with Crippen molar-refractivity contribution < 1.29 is 26.4 Å². The lowest BCUT2D eigenvalue weighted by Gasteiger charge is -2.08. The lowest BCUT2D eigenvalue weighted by molar-refractivity contribution is -0.137. The van der Waals surface area contributed by atoms with Crippen molar-refractivity contribution in [3.8, 4) is 0 Å². The van der Waals surface area contributed by atoms with Crippen LogP contribution in [-0.2, 0) is 22.7 Å². The van der Waals surface area contributed by atoms with Gasteiger partial charge in [-0.3, -0.25) is 9.20 Å².